The molecular formula is C30H32CrF6O2. The van der Waals surface area contributed by atoms with Crippen LogP contribution in [0.15, 0.2) is 72.8 Å². The average Bonchev–Trinajstić information content (AvgIpc) is 3.25. The summed E-state index contributed by atoms with van der Waals surface area (Å²) in [6.45, 7) is 12.8. The van der Waals surface area contributed by atoms with E-state index >= 15 is 0 Å². The summed E-state index contributed by atoms with van der Waals surface area (Å²) in [4.78, 5) is 0. The Labute approximate surface area is 236 Å². The number of para-hydroxylation sites is 2. The second-order valence-electron chi connectivity index (χ2n) is 8.83. The standard InChI is InChI=1S/2C8H11.2C7H5F3O.Cr/c2*1-6-4-7(2)8(3)5-6;2*8-7(9,10)5-3-1-2-4-6(5)11;/h2*4-5H,1-3H3;2*1-4,11H;/q2*-1;;;+2. The summed E-state index contributed by atoms with van der Waals surface area (Å²) in [5.74, 6) is -1.47. The van der Waals surface area contributed by atoms with Gasteiger partial charge in [0.25, 0.3) is 0 Å². The first-order chi connectivity index (χ1) is 17.4. The molecule has 2 N–H and O–H groups in total. The molecule has 0 fully saturated rings. The molecule has 0 heterocycles. The summed E-state index contributed by atoms with van der Waals surface area (Å²) in [7, 11) is 0. The van der Waals surface area contributed by atoms with Gasteiger partial charge >= 0.3 is 29.7 Å². The van der Waals surface area contributed by atoms with E-state index in [-0.39, 0.29) is 17.4 Å². The first kappa shape index (κ1) is 35.9. The van der Waals surface area contributed by atoms with E-state index in [9.17, 15) is 26.3 Å². The minimum Gasteiger partial charge on any atom is -0.507 e. The van der Waals surface area contributed by atoms with Crippen molar-refractivity contribution in [3.05, 3.63) is 117 Å². The van der Waals surface area contributed by atoms with Gasteiger partial charge < -0.3 is 10.2 Å². The van der Waals surface area contributed by atoms with Gasteiger partial charge in [-0.25, -0.2) is 23.3 Å². The molecule has 0 aliphatic heterocycles. The Kier molecular flexibility index (Phi) is 14.2. The van der Waals surface area contributed by atoms with Crippen LogP contribution in [0.3, 0.4) is 0 Å². The van der Waals surface area contributed by atoms with Crippen LogP contribution in [0.2, 0.25) is 0 Å². The van der Waals surface area contributed by atoms with Crippen LogP contribution in [-0.2, 0) is 29.7 Å². The maximum atomic E-state index is 11.9. The van der Waals surface area contributed by atoms with Crippen molar-refractivity contribution >= 4 is 0 Å². The molecule has 0 radical (unpaired) electrons. The topological polar surface area (TPSA) is 40.5 Å². The van der Waals surface area contributed by atoms with Crippen LogP contribution < -0.4 is 0 Å². The zero-order chi connectivity index (χ0) is 29.3. The molecule has 0 aliphatic carbocycles. The number of benzene rings is 2. The van der Waals surface area contributed by atoms with E-state index in [0.29, 0.717) is 0 Å². The average molecular weight is 591 g/mol. The van der Waals surface area contributed by atoms with Gasteiger partial charge in [-0.15, -0.1) is 0 Å². The molecule has 9 heteroatoms. The van der Waals surface area contributed by atoms with Crippen LogP contribution in [0.4, 0.5) is 26.3 Å². The molecule has 0 saturated heterocycles. The van der Waals surface area contributed by atoms with Crippen molar-refractivity contribution in [3.8, 4) is 11.5 Å². The normalized spacial score (nSPS) is 10.6. The first-order valence-corrected chi connectivity index (χ1v) is 11.5. The fourth-order valence-electron chi connectivity index (χ4n) is 3.33. The van der Waals surface area contributed by atoms with Crippen LogP contribution in [0, 0.1) is 41.5 Å². The van der Waals surface area contributed by atoms with Gasteiger partial charge in [-0.1, -0.05) is 65.8 Å². The summed E-state index contributed by atoms with van der Waals surface area (Å²) in [5.41, 5.74) is 6.37. The second-order valence-corrected chi connectivity index (χ2v) is 8.83. The second kappa shape index (κ2) is 15.4. The third kappa shape index (κ3) is 12.5. The Hall–Kier alpha value is -3.15. The largest absolute Gasteiger partial charge is 2.00 e. The van der Waals surface area contributed by atoms with Gasteiger partial charge in [0.15, 0.2) is 0 Å². The van der Waals surface area contributed by atoms with Gasteiger partial charge in [-0.05, 0) is 24.3 Å². The molecule has 0 spiro atoms. The Balaban J connectivity index is 0.000000495. The number of aromatic hydroxyl groups is 2. The Bertz CT molecular complexity index is 1140. The molecule has 4 aromatic carbocycles. The fraction of sp³-hybridized carbons (Fsp3) is 0.267. The summed E-state index contributed by atoms with van der Waals surface area (Å²) < 4.78 is 71.3. The molecule has 0 amide bonds. The maximum Gasteiger partial charge on any atom is 2.00 e. The van der Waals surface area contributed by atoms with Gasteiger partial charge in [-0.2, -0.15) is 60.7 Å². The van der Waals surface area contributed by atoms with Crippen molar-refractivity contribution < 1.29 is 53.9 Å². The molecule has 0 aliphatic rings. The molecule has 0 atom stereocenters. The summed E-state index contributed by atoms with van der Waals surface area (Å²) in [6.07, 6.45) is -8.93. The van der Waals surface area contributed by atoms with Crippen molar-refractivity contribution in [2.24, 2.45) is 0 Å². The molecule has 0 unspecified atom stereocenters. The molecule has 4 aromatic rings. The van der Waals surface area contributed by atoms with Gasteiger partial charge in [0.1, 0.15) is 11.5 Å². The van der Waals surface area contributed by atoms with E-state index in [1.807, 2.05) is 0 Å². The predicted molar refractivity (Wildman–Crippen MR) is 139 cm³/mol. The van der Waals surface area contributed by atoms with E-state index in [1.54, 1.807) is 0 Å². The number of phenolic OH excluding ortho intramolecular Hbond substituents is 2. The van der Waals surface area contributed by atoms with E-state index in [2.05, 4.69) is 65.8 Å². The van der Waals surface area contributed by atoms with Crippen molar-refractivity contribution in [1.82, 2.24) is 0 Å². The zero-order valence-electron chi connectivity index (χ0n) is 22.5. The maximum absolute atomic E-state index is 11.9. The van der Waals surface area contributed by atoms with E-state index in [4.69, 9.17) is 10.2 Å². The van der Waals surface area contributed by atoms with Crippen LogP contribution in [0.1, 0.15) is 44.5 Å². The quantitative estimate of drug-likeness (QED) is 0.158. The van der Waals surface area contributed by atoms with Crippen molar-refractivity contribution in [3.63, 3.8) is 0 Å². The Morgan fingerprint density at radius 2 is 0.846 bits per heavy atom. The minimum atomic E-state index is -4.47. The Morgan fingerprint density at radius 1 is 0.564 bits per heavy atom. The molecule has 4 rings (SSSR count). The van der Waals surface area contributed by atoms with Crippen LogP contribution >= 0.6 is 0 Å². The number of phenols is 2. The van der Waals surface area contributed by atoms with Crippen molar-refractivity contribution in [2.75, 3.05) is 0 Å². The third-order valence-electron chi connectivity index (χ3n) is 5.44. The number of alkyl halides is 6. The molecule has 0 aromatic heterocycles. The SMILES string of the molecule is Cc1cc(C)[c-](C)c1.Cc1cc(C)[c-](C)c1.Oc1ccccc1C(F)(F)F.Oc1ccccc1C(F)(F)F.[Cr+2]. The van der Waals surface area contributed by atoms with E-state index in [0.717, 1.165) is 24.3 Å². The summed E-state index contributed by atoms with van der Waals surface area (Å²) in [6, 6.07) is 17.6. The summed E-state index contributed by atoms with van der Waals surface area (Å²) >= 11 is 0. The van der Waals surface area contributed by atoms with Crippen LogP contribution in [-0.4, -0.2) is 10.2 Å². The predicted octanol–water partition coefficient (Wildman–Crippen LogP) is 9.48. The number of hydrogen-bond donors (Lipinski definition) is 2. The first-order valence-electron chi connectivity index (χ1n) is 11.5. The summed E-state index contributed by atoms with van der Waals surface area (Å²) in [5, 5.41) is 17.5. The van der Waals surface area contributed by atoms with Gasteiger partial charge in [-0.3, -0.25) is 0 Å². The number of rotatable bonds is 0. The number of halogens is 6. The number of hydrogen-bond acceptors (Lipinski definition) is 2. The molecule has 39 heavy (non-hydrogen) atoms. The van der Waals surface area contributed by atoms with Crippen molar-refractivity contribution in [1.29, 1.82) is 0 Å². The van der Waals surface area contributed by atoms with Gasteiger partial charge in [0, 0.05) is 0 Å². The Morgan fingerprint density at radius 3 is 0.974 bits per heavy atom. The monoisotopic (exact) mass is 590 g/mol. The number of aryl methyl sites for hydroxylation is 6. The molecule has 2 nitrogen and oxygen atoms in total. The zero-order valence-corrected chi connectivity index (χ0v) is 23.8. The molecular weight excluding hydrogens is 558 g/mol. The third-order valence-corrected chi connectivity index (χ3v) is 5.44. The van der Waals surface area contributed by atoms with E-state index in [1.165, 1.54) is 57.6 Å². The van der Waals surface area contributed by atoms with Gasteiger partial charge in [0.05, 0.1) is 11.1 Å². The van der Waals surface area contributed by atoms with Crippen LogP contribution in [0.25, 0.3) is 0 Å². The van der Waals surface area contributed by atoms with Gasteiger partial charge in [0.2, 0.25) is 0 Å². The van der Waals surface area contributed by atoms with Crippen LogP contribution in [0.5, 0.6) is 11.5 Å². The molecule has 0 saturated carbocycles. The smallest absolute Gasteiger partial charge is 0.507 e. The molecule has 212 valence electrons. The fourth-order valence-corrected chi connectivity index (χ4v) is 3.33. The molecule has 0 bridgehead atoms. The van der Waals surface area contributed by atoms with E-state index < -0.39 is 35.0 Å². The van der Waals surface area contributed by atoms with Crippen molar-refractivity contribution in [2.45, 2.75) is 53.9 Å². The minimum absolute atomic E-state index is 0.